The highest BCUT2D eigenvalue weighted by molar-refractivity contribution is 5.75. The number of benzene rings is 1. The molecule has 1 aliphatic heterocycles. The molecule has 1 atom stereocenters. The summed E-state index contributed by atoms with van der Waals surface area (Å²) < 4.78 is 0. The Labute approximate surface area is 108 Å². The van der Waals surface area contributed by atoms with Gasteiger partial charge in [-0.05, 0) is 25.3 Å². The Hall–Kier alpha value is -1.55. The van der Waals surface area contributed by atoms with Gasteiger partial charge in [-0.1, -0.05) is 30.3 Å². The summed E-state index contributed by atoms with van der Waals surface area (Å²) in [4.78, 5) is 13.9. The van der Waals surface area contributed by atoms with E-state index in [1.54, 1.807) is 4.90 Å². The fourth-order valence-corrected chi connectivity index (χ4v) is 2.24. The van der Waals surface area contributed by atoms with E-state index in [9.17, 15) is 9.90 Å². The number of likely N-dealkylation sites (tertiary alicyclic amines) is 1. The molecule has 0 spiro atoms. The van der Waals surface area contributed by atoms with E-state index in [4.69, 9.17) is 0 Å². The molecule has 0 aromatic heterocycles. The summed E-state index contributed by atoms with van der Waals surface area (Å²) in [5, 5.41) is 12.5. The van der Waals surface area contributed by atoms with Gasteiger partial charge in [-0.3, -0.25) is 0 Å². The van der Waals surface area contributed by atoms with Crippen molar-refractivity contribution in [3.8, 4) is 0 Å². The van der Waals surface area contributed by atoms with E-state index < -0.39 is 5.54 Å². The third-order valence-corrected chi connectivity index (χ3v) is 3.50. The van der Waals surface area contributed by atoms with Gasteiger partial charge in [-0.15, -0.1) is 0 Å². The molecule has 4 heteroatoms. The topological polar surface area (TPSA) is 52.6 Å². The van der Waals surface area contributed by atoms with E-state index in [1.165, 1.54) is 0 Å². The minimum atomic E-state index is -0.721. The van der Waals surface area contributed by atoms with Gasteiger partial charge in [0.25, 0.3) is 0 Å². The SMILES string of the molecule is CC(CO)(NC(=O)N1CCCC1)c1ccccc1. The number of amides is 2. The van der Waals surface area contributed by atoms with E-state index in [0.29, 0.717) is 0 Å². The zero-order chi connectivity index (χ0) is 13.0. The summed E-state index contributed by atoms with van der Waals surface area (Å²) in [5.74, 6) is 0. The van der Waals surface area contributed by atoms with Crippen LogP contribution < -0.4 is 5.32 Å². The van der Waals surface area contributed by atoms with Crippen molar-refractivity contribution in [1.82, 2.24) is 10.2 Å². The zero-order valence-electron chi connectivity index (χ0n) is 10.7. The molecule has 1 heterocycles. The van der Waals surface area contributed by atoms with Crippen LogP contribution in [0.2, 0.25) is 0 Å². The van der Waals surface area contributed by atoms with Crippen LogP contribution in [0.3, 0.4) is 0 Å². The van der Waals surface area contributed by atoms with Crippen LogP contribution in [0.25, 0.3) is 0 Å². The lowest BCUT2D eigenvalue weighted by Gasteiger charge is -2.31. The van der Waals surface area contributed by atoms with Crippen molar-refractivity contribution in [2.45, 2.75) is 25.3 Å². The van der Waals surface area contributed by atoms with Crippen molar-refractivity contribution >= 4 is 6.03 Å². The van der Waals surface area contributed by atoms with Crippen molar-refractivity contribution in [3.05, 3.63) is 35.9 Å². The second-order valence-electron chi connectivity index (χ2n) is 4.98. The Morgan fingerprint density at radius 2 is 1.94 bits per heavy atom. The van der Waals surface area contributed by atoms with Crippen LogP contribution in [0, 0.1) is 0 Å². The lowest BCUT2D eigenvalue weighted by Crippen LogP contribution is -2.51. The predicted octanol–water partition coefficient (Wildman–Crippen LogP) is 1.70. The van der Waals surface area contributed by atoms with E-state index in [-0.39, 0.29) is 12.6 Å². The molecule has 0 bridgehead atoms. The van der Waals surface area contributed by atoms with Crippen LogP contribution in [-0.4, -0.2) is 35.7 Å². The van der Waals surface area contributed by atoms with E-state index >= 15 is 0 Å². The molecule has 4 nitrogen and oxygen atoms in total. The fraction of sp³-hybridized carbons (Fsp3) is 0.500. The van der Waals surface area contributed by atoms with Gasteiger partial charge in [0.15, 0.2) is 0 Å². The Morgan fingerprint density at radius 1 is 1.33 bits per heavy atom. The van der Waals surface area contributed by atoms with Crippen LogP contribution in [-0.2, 0) is 5.54 Å². The number of urea groups is 1. The number of rotatable bonds is 3. The van der Waals surface area contributed by atoms with Gasteiger partial charge in [-0.2, -0.15) is 0 Å². The molecule has 1 aliphatic rings. The highest BCUT2D eigenvalue weighted by atomic mass is 16.3. The molecule has 1 aromatic carbocycles. The molecule has 0 saturated carbocycles. The first-order chi connectivity index (χ1) is 8.65. The average molecular weight is 248 g/mol. The highest BCUT2D eigenvalue weighted by Crippen LogP contribution is 2.20. The molecule has 2 rings (SSSR count). The van der Waals surface area contributed by atoms with E-state index in [1.807, 2.05) is 37.3 Å². The number of hydrogen-bond donors (Lipinski definition) is 2. The van der Waals surface area contributed by atoms with Crippen LogP contribution in [0.1, 0.15) is 25.3 Å². The fourth-order valence-electron chi connectivity index (χ4n) is 2.24. The van der Waals surface area contributed by atoms with Gasteiger partial charge in [0.05, 0.1) is 12.1 Å². The Kier molecular flexibility index (Phi) is 3.87. The van der Waals surface area contributed by atoms with E-state index in [2.05, 4.69) is 5.32 Å². The molecule has 0 radical (unpaired) electrons. The van der Waals surface area contributed by atoms with Gasteiger partial charge < -0.3 is 15.3 Å². The number of nitrogens with zero attached hydrogens (tertiary/aromatic N) is 1. The average Bonchev–Trinajstić information content (AvgIpc) is 2.93. The Bertz CT molecular complexity index is 402. The van der Waals surface area contributed by atoms with Gasteiger partial charge >= 0.3 is 6.03 Å². The van der Waals surface area contributed by atoms with Crippen molar-refractivity contribution in [3.63, 3.8) is 0 Å². The number of aliphatic hydroxyl groups excluding tert-OH is 1. The molecule has 18 heavy (non-hydrogen) atoms. The largest absolute Gasteiger partial charge is 0.394 e. The van der Waals surface area contributed by atoms with Crippen molar-refractivity contribution in [2.75, 3.05) is 19.7 Å². The number of aliphatic hydroxyl groups is 1. The van der Waals surface area contributed by atoms with Crippen molar-refractivity contribution in [2.24, 2.45) is 0 Å². The summed E-state index contributed by atoms with van der Waals surface area (Å²) in [6.07, 6.45) is 2.13. The predicted molar refractivity (Wildman–Crippen MR) is 70.2 cm³/mol. The molecule has 2 N–H and O–H groups in total. The normalized spacial score (nSPS) is 18.4. The smallest absolute Gasteiger partial charge is 0.318 e. The molecular formula is C14H20N2O2. The third kappa shape index (κ3) is 2.64. The van der Waals surface area contributed by atoms with E-state index in [0.717, 1.165) is 31.5 Å². The second-order valence-corrected chi connectivity index (χ2v) is 4.98. The molecule has 1 aromatic rings. The lowest BCUT2D eigenvalue weighted by molar-refractivity contribution is 0.156. The van der Waals surface area contributed by atoms with Crippen LogP contribution in [0.15, 0.2) is 30.3 Å². The maximum atomic E-state index is 12.1. The summed E-state index contributed by atoms with van der Waals surface area (Å²) in [7, 11) is 0. The third-order valence-electron chi connectivity index (χ3n) is 3.50. The van der Waals surface area contributed by atoms with Gasteiger partial charge in [-0.25, -0.2) is 4.79 Å². The first kappa shape index (κ1) is 12.9. The number of carbonyl (C=O) groups excluding carboxylic acids is 1. The van der Waals surface area contributed by atoms with Gasteiger partial charge in [0, 0.05) is 13.1 Å². The second kappa shape index (κ2) is 5.40. The maximum Gasteiger partial charge on any atom is 0.318 e. The minimum Gasteiger partial charge on any atom is -0.394 e. The number of carbonyl (C=O) groups is 1. The molecule has 98 valence electrons. The number of hydrogen-bond acceptors (Lipinski definition) is 2. The van der Waals surface area contributed by atoms with Gasteiger partial charge in [0.1, 0.15) is 0 Å². The van der Waals surface area contributed by atoms with Crippen LogP contribution in [0.4, 0.5) is 4.79 Å². The summed E-state index contributed by atoms with van der Waals surface area (Å²) in [5.41, 5.74) is 0.195. The summed E-state index contributed by atoms with van der Waals surface area (Å²) in [6, 6.07) is 9.48. The first-order valence-corrected chi connectivity index (χ1v) is 6.39. The molecular weight excluding hydrogens is 228 g/mol. The van der Waals surface area contributed by atoms with Crippen LogP contribution in [0.5, 0.6) is 0 Å². The van der Waals surface area contributed by atoms with Crippen molar-refractivity contribution < 1.29 is 9.90 Å². The molecule has 2 amide bonds. The van der Waals surface area contributed by atoms with Crippen molar-refractivity contribution in [1.29, 1.82) is 0 Å². The molecule has 0 aliphatic carbocycles. The molecule has 1 fully saturated rings. The van der Waals surface area contributed by atoms with Gasteiger partial charge in [0.2, 0.25) is 0 Å². The summed E-state index contributed by atoms with van der Waals surface area (Å²) >= 11 is 0. The monoisotopic (exact) mass is 248 g/mol. The minimum absolute atomic E-state index is 0.0899. The van der Waals surface area contributed by atoms with Crippen LogP contribution >= 0.6 is 0 Å². The Morgan fingerprint density at radius 3 is 2.50 bits per heavy atom. The summed E-state index contributed by atoms with van der Waals surface area (Å²) in [6.45, 7) is 3.34. The zero-order valence-corrected chi connectivity index (χ0v) is 10.7. The number of nitrogens with one attached hydrogen (secondary N) is 1. The first-order valence-electron chi connectivity index (χ1n) is 6.39. The molecule has 1 saturated heterocycles. The quantitative estimate of drug-likeness (QED) is 0.855. The standard InChI is InChI=1S/C14H20N2O2/c1-14(11-17,12-7-3-2-4-8-12)15-13(18)16-9-5-6-10-16/h2-4,7-8,17H,5-6,9-11H2,1H3,(H,15,18). The lowest BCUT2D eigenvalue weighted by atomic mass is 9.93. The maximum absolute atomic E-state index is 12.1. The highest BCUT2D eigenvalue weighted by Gasteiger charge is 2.30. The molecule has 1 unspecified atom stereocenters. The Balaban J connectivity index is 2.10.